The molecule has 0 saturated heterocycles. The van der Waals surface area contributed by atoms with Crippen LogP contribution in [0.15, 0.2) is 0 Å². The summed E-state index contributed by atoms with van der Waals surface area (Å²) >= 11 is 0. The fourth-order valence-corrected chi connectivity index (χ4v) is 2.09. The summed E-state index contributed by atoms with van der Waals surface area (Å²) in [4.78, 5) is 0. The van der Waals surface area contributed by atoms with Crippen molar-refractivity contribution in [1.82, 2.24) is 0 Å². The maximum Gasteiger partial charge on any atom is 0.0755 e. The Labute approximate surface area is 116 Å². The van der Waals surface area contributed by atoms with Crippen molar-refractivity contribution < 1.29 is 17.7 Å². The van der Waals surface area contributed by atoms with Crippen LogP contribution < -0.4 is 17.7 Å². The van der Waals surface area contributed by atoms with Crippen LogP contribution in [0.25, 0.3) is 0 Å². The third-order valence-electron chi connectivity index (χ3n) is 3.27. The number of unbranched alkanes of at least 4 members (excludes halogenated alkanes) is 9. The quantitative estimate of drug-likeness (QED) is 0.476. The Bertz CT molecular complexity index is 103. The largest absolute Gasteiger partial charge is 1.00 e. The molecule has 0 unspecified atom stereocenters. The normalized spacial score (nSPS) is 10.2. The molecule has 0 aromatic rings. The molecule has 0 spiro atoms. The molecule has 0 heterocycles. The molecule has 1 nitrogen and oxygen atoms in total. The highest BCUT2D eigenvalue weighted by Gasteiger charge is 1.93. The standard InChI is InChI=1S/C15H33N.ClH/c1-3-5-7-8-9-10-11-12-13-15-16-14-6-4-2;/h16H,3-15H2,1-2H3;1H. The maximum absolute atomic E-state index is 2.49. The Morgan fingerprint density at radius 2 is 0.941 bits per heavy atom. The first kappa shape index (κ1) is 19.6. The van der Waals surface area contributed by atoms with Crippen LogP contribution in [0.3, 0.4) is 0 Å². The third-order valence-corrected chi connectivity index (χ3v) is 3.27. The van der Waals surface area contributed by atoms with Crippen LogP contribution in [-0.2, 0) is 0 Å². The number of rotatable bonds is 13. The van der Waals surface area contributed by atoms with Gasteiger partial charge in [0.05, 0.1) is 13.1 Å². The Morgan fingerprint density at radius 3 is 1.47 bits per heavy atom. The van der Waals surface area contributed by atoms with Gasteiger partial charge in [-0.1, -0.05) is 65.2 Å². The molecule has 0 amide bonds. The van der Waals surface area contributed by atoms with E-state index in [1.54, 1.807) is 0 Å². The van der Waals surface area contributed by atoms with Gasteiger partial charge in [-0.25, -0.2) is 0 Å². The summed E-state index contributed by atoms with van der Waals surface area (Å²) in [5, 5.41) is 2.49. The molecule has 0 saturated carbocycles. The second kappa shape index (κ2) is 18.6. The van der Waals surface area contributed by atoms with Gasteiger partial charge in [0.2, 0.25) is 0 Å². The topological polar surface area (TPSA) is 16.6 Å². The van der Waals surface area contributed by atoms with Gasteiger partial charge in [0.15, 0.2) is 0 Å². The van der Waals surface area contributed by atoms with E-state index >= 15 is 0 Å². The Hall–Kier alpha value is 0.250. The number of nitrogens with two attached hydrogens (primary N) is 1. The minimum Gasteiger partial charge on any atom is -1.00 e. The SMILES string of the molecule is CCCCCCCCCCC[NH2+]CCCC.[Cl-]. The predicted octanol–water partition coefficient (Wildman–Crippen LogP) is 0.885. The lowest BCUT2D eigenvalue weighted by Gasteiger charge is -2.02. The summed E-state index contributed by atoms with van der Waals surface area (Å²) in [6.07, 6.45) is 15.8. The van der Waals surface area contributed by atoms with Crippen molar-refractivity contribution >= 4 is 0 Å². The van der Waals surface area contributed by atoms with Crippen LogP contribution in [-0.4, -0.2) is 13.1 Å². The van der Waals surface area contributed by atoms with Gasteiger partial charge in [0.1, 0.15) is 0 Å². The van der Waals surface area contributed by atoms with E-state index in [1.807, 2.05) is 0 Å². The smallest absolute Gasteiger partial charge is 0.0755 e. The van der Waals surface area contributed by atoms with Crippen LogP contribution in [0, 0.1) is 0 Å². The minimum atomic E-state index is 0. The summed E-state index contributed by atoms with van der Waals surface area (Å²) < 4.78 is 0. The highest BCUT2D eigenvalue weighted by atomic mass is 35.5. The molecule has 0 atom stereocenters. The van der Waals surface area contributed by atoms with Gasteiger partial charge in [0.25, 0.3) is 0 Å². The average molecular weight is 264 g/mol. The molecule has 0 rings (SSSR count). The molecule has 0 aromatic carbocycles. The molecule has 2 heteroatoms. The molecule has 0 aliphatic carbocycles. The molecule has 0 aliphatic rings. The molecule has 2 N–H and O–H groups in total. The van der Waals surface area contributed by atoms with Crippen molar-refractivity contribution in [3.63, 3.8) is 0 Å². The van der Waals surface area contributed by atoms with Gasteiger partial charge in [0, 0.05) is 0 Å². The van der Waals surface area contributed by atoms with Crippen molar-refractivity contribution in [2.45, 2.75) is 84.5 Å². The van der Waals surface area contributed by atoms with E-state index in [2.05, 4.69) is 19.2 Å². The lowest BCUT2D eigenvalue weighted by atomic mass is 10.1. The lowest BCUT2D eigenvalue weighted by molar-refractivity contribution is -0.655. The predicted molar refractivity (Wildman–Crippen MR) is 73.8 cm³/mol. The zero-order chi connectivity index (χ0) is 11.9. The molecule has 106 valence electrons. The van der Waals surface area contributed by atoms with Crippen molar-refractivity contribution in [1.29, 1.82) is 0 Å². The van der Waals surface area contributed by atoms with Gasteiger partial charge in [-0.15, -0.1) is 0 Å². The fourth-order valence-electron chi connectivity index (χ4n) is 2.09. The molecular weight excluding hydrogens is 230 g/mol. The Kier molecular flexibility index (Phi) is 21.4. The molecular formula is C15H34ClN. The highest BCUT2D eigenvalue weighted by molar-refractivity contribution is 4.45. The van der Waals surface area contributed by atoms with E-state index in [1.165, 1.54) is 83.7 Å². The molecule has 0 aromatic heterocycles. The first-order valence-corrected chi connectivity index (χ1v) is 7.73. The van der Waals surface area contributed by atoms with Gasteiger partial charge in [-0.2, -0.15) is 0 Å². The summed E-state index contributed by atoms with van der Waals surface area (Å²) in [5.41, 5.74) is 0. The van der Waals surface area contributed by atoms with E-state index in [0.717, 1.165) is 0 Å². The first-order valence-electron chi connectivity index (χ1n) is 7.73. The monoisotopic (exact) mass is 263 g/mol. The molecule has 0 fully saturated rings. The Balaban J connectivity index is 0. The molecule has 0 bridgehead atoms. The van der Waals surface area contributed by atoms with E-state index in [4.69, 9.17) is 0 Å². The number of quaternary nitrogens is 1. The lowest BCUT2D eigenvalue weighted by Crippen LogP contribution is -3.00. The van der Waals surface area contributed by atoms with Gasteiger partial charge in [-0.3, -0.25) is 0 Å². The van der Waals surface area contributed by atoms with Crippen LogP contribution in [0.2, 0.25) is 0 Å². The summed E-state index contributed by atoms with van der Waals surface area (Å²) in [5.74, 6) is 0. The number of hydrogen-bond donors (Lipinski definition) is 1. The summed E-state index contributed by atoms with van der Waals surface area (Å²) in [6.45, 7) is 7.25. The number of halogens is 1. The average Bonchev–Trinajstić information content (AvgIpc) is 2.31. The second-order valence-corrected chi connectivity index (χ2v) is 5.05. The molecule has 17 heavy (non-hydrogen) atoms. The van der Waals surface area contributed by atoms with E-state index in [9.17, 15) is 0 Å². The van der Waals surface area contributed by atoms with Crippen molar-refractivity contribution in [2.75, 3.05) is 13.1 Å². The zero-order valence-corrected chi connectivity index (χ0v) is 12.9. The van der Waals surface area contributed by atoms with E-state index in [-0.39, 0.29) is 12.4 Å². The summed E-state index contributed by atoms with van der Waals surface area (Å²) in [6, 6.07) is 0. The molecule has 0 radical (unpaired) electrons. The van der Waals surface area contributed by atoms with Crippen LogP contribution >= 0.6 is 0 Å². The number of hydrogen-bond acceptors (Lipinski definition) is 0. The van der Waals surface area contributed by atoms with Crippen LogP contribution in [0.5, 0.6) is 0 Å². The highest BCUT2D eigenvalue weighted by Crippen LogP contribution is 2.08. The van der Waals surface area contributed by atoms with Crippen molar-refractivity contribution in [3.8, 4) is 0 Å². The van der Waals surface area contributed by atoms with E-state index < -0.39 is 0 Å². The second-order valence-electron chi connectivity index (χ2n) is 5.05. The minimum absolute atomic E-state index is 0. The zero-order valence-electron chi connectivity index (χ0n) is 12.1. The van der Waals surface area contributed by atoms with Gasteiger partial charge >= 0.3 is 0 Å². The van der Waals surface area contributed by atoms with Crippen LogP contribution in [0.4, 0.5) is 0 Å². The molecule has 0 aliphatic heterocycles. The fraction of sp³-hybridized carbons (Fsp3) is 1.00. The van der Waals surface area contributed by atoms with Crippen LogP contribution in [0.1, 0.15) is 84.5 Å². The van der Waals surface area contributed by atoms with Gasteiger partial charge < -0.3 is 17.7 Å². The third kappa shape index (κ3) is 18.8. The maximum atomic E-state index is 2.49. The van der Waals surface area contributed by atoms with Crippen molar-refractivity contribution in [3.05, 3.63) is 0 Å². The first-order chi connectivity index (χ1) is 7.91. The van der Waals surface area contributed by atoms with Crippen molar-refractivity contribution in [2.24, 2.45) is 0 Å². The Morgan fingerprint density at radius 1 is 0.529 bits per heavy atom. The van der Waals surface area contributed by atoms with E-state index in [0.29, 0.717) is 0 Å². The summed E-state index contributed by atoms with van der Waals surface area (Å²) in [7, 11) is 0. The van der Waals surface area contributed by atoms with Gasteiger partial charge in [-0.05, 0) is 19.3 Å².